The van der Waals surface area contributed by atoms with Crippen molar-refractivity contribution >= 4 is 23.2 Å². The van der Waals surface area contributed by atoms with E-state index in [1.54, 1.807) is 0 Å². The third-order valence-electron chi connectivity index (χ3n) is 4.68. The summed E-state index contributed by atoms with van der Waals surface area (Å²) in [6.45, 7) is 0. The van der Waals surface area contributed by atoms with Crippen molar-refractivity contribution in [2.45, 2.75) is 31.6 Å². The molecule has 0 spiro atoms. The standard InChI is InChI=1S/C19H18N2O2/c22-18-11-13-10-14(8-9-17(13)21-18)20-19(23)16-7-3-5-12-4-1-2-6-15(12)16/h1-2,4,6,8-10,16H,3,5,7,11H2,(H,20,23)(H,21,22)/t16-/m1/s1. The van der Waals surface area contributed by atoms with E-state index < -0.39 is 0 Å². The molecule has 4 rings (SSSR count). The number of hydrogen-bond donors (Lipinski definition) is 2. The van der Waals surface area contributed by atoms with Gasteiger partial charge in [0.1, 0.15) is 0 Å². The molecule has 116 valence electrons. The lowest BCUT2D eigenvalue weighted by molar-refractivity contribution is -0.118. The zero-order valence-electron chi connectivity index (χ0n) is 12.8. The van der Waals surface area contributed by atoms with E-state index in [1.807, 2.05) is 30.3 Å². The van der Waals surface area contributed by atoms with Crippen LogP contribution in [0.4, 0.5) is 11.4 Å². The lowest BCUT2D eigenvalue weighted by atomic mass is 9.82. The van der Waals surface area contributed by atoms with Crippen LogP contribution in [0, 0.1) is 0 Å². The molecule has 0 unspecified atom stereocenters. The number of carbonyl (C=O) groups excluding carboxylic acids is 2. The summed E-state index contributed by atoms with van der Waals surface area (Å²) >= 11 is 0. The zero-order valence-corrected chi connectivity index (χ0v) is 12.8. The van der Waals surface area contributed by atoms with Gasteiger partial charge in [0.05, 0.1) is 12.3 Å². The first-order valence-electron chi connectivity index (χ1n) is 8.02. The lowest BCUT2D eigenvalue weighted by Gasteiger charge is -2.24. The van der Waals surface area contributed by atoms with Gasteiger partial charge in [-0.3, -0.25) is 9.59 Å². The maximum atomic E-state index is 12.7. The van der Waals surface area contributed by atoms with Gasteiger partial charge in [-0.15, -0.1) is 0 Å². The van der Waals surface area contributed by atoms with E-state index in [1.165, 1.54) is 5.56 Å². The first-order valence-corrected chi connectivity index (χ1v) is 8.02. The molecule has 2 amide bonds. The molecular weight excluding hydrogens is 288 g/mol. The Balaban J connectivity index is 1.55. The third-order valence-corrected chi connectivity index (χ3v) is 4.68. The minimum atomic E-state index is -0.0899. The van der Waals surface area contributed by atoms with Crippen LogP contribution in [0.15, 0.2) is 42.5 Å². The highest BCUT2D eigenvalue weighted by molar-refractivity contribution is 6.01. The molecule has 2 aromatic rings. The maximum absolute atomic E-state index is 12.7. The Morgan fingerprint density at radius 3 is 2.91 bits per heavy atom. The van der Waals surface area contributed by atoms with Gasteiger partial charge in [0, 0.05) is 11.4 Å². The number of fused-ring (bicyclic) bond motifs is 2. The molecule has 23 heavy (non-hydrogen) atoms. The molecule has 2 N–H and O–H groups in total. The maximum Gasteiger partial charge on any atom is 0.231 e. The second kappa shape index (κ2) is 5.54. The predicted molar refractivity (Wildman–Crippen MR) is 89.5 cm³/mol. The molecule has 1 atom stereocenters. The monoisotopic (exact) mass is 306 g/mol. The van der Waals surface area contributed by atoms with Crippen molar-refractivity contribution < 1.29 is 9.59 Å². The number of carbonyl (C=O) groups is 2. The quantitative estimate of drug-likeness (QED) is 0.895. The van der Waals surface area contributed by atoms with Crippen molar-refractivity contribution in [2.75, 3.05) is 10.6 Å². The normalized spacial score (nSPS) is 18.8. The number of anilines is 2. The average Bonchev–Trinajstić information content (AvgIpc) is 2.93. The van der Waals surface area contributed by atoms with Gasteiger partial charge in [-0.05, 0) is 54.2 Å². The molecule has 2 aromatic carbocycles. The van der Waals surface area contributed by atoms with E-state index in [2.05, 4.69) is 22.8 Å². The van der Waals surface area contributed by atoms with Crippen molar-refractivity contribution in [1.82, 2.24) is 0 Å². The van der Waals surface area contributed by atoms with Crippen molar-refractivity contribution in [2.24, 2.45) is 0 Å². The second-order valence-electron chi connectivity index (χ2n) is 6.23. The van der Waals surface area contributed by atoms with Gasteiger partial charge in [-0.1, -0.05) is 24.3 Å². The molecule has 1 aliphatic heterocycles. The van der Waals surface area contributed by atoms with Crippen LogP contribution in [0.3, 0.4) is 0 Å². The summed E-state index contributed by atoms with van der Waals surface area (Å²) in [6.07, 6.45) is 3.35. The third kappa shape index (κ3) is 2.61. The summed E-state index contributed by atoms with van der Waals surface area (Å²) in [5, 5.41) is 5.82. The number of nitrogens with one attached hydrogen (secondary N) is 2. The molecular formula is C19H18N2O2. The van der Waals surface area contributed by atoms with Gasteiger partial charge < -0.3 is 10.6 Å². The summed E-state index contributed by atoms with van der Waals surface area (Å²) in [5.41, 5.74) is 4.97. The molecule has 0 aromatic heterocycles. The summed E-state index contributed by atoms with van der Waals surface area (Å²) in [5.74, 6) is -0.0490. The van der Waals surface area contributed by atoms with Crippen molar-refractivity contribution in [3.8, 4) is 0 Å². The Hall–Kier alpha value is -2.62. The lowest BCUT2D eigenvalue weighted by Crippen LogP contribution is -2.24. The molecule has 0 radical (unpaired) electrons. The fraction of sp³-hybridized carbons (Fsp3) is 0.263. The first kappa shape index (κ1) is 14.0. The molecule has 4 heteroatoms. The highest BCUT2D eigenvalue weighted by atomic mass is 16.2. The number of benzene rings is 2. The summed E-state index contributed by atoms with van der Waals surface area (Å²) in [7, 11) is 0. The van der Waals surface area contributed by atoms with Gasteiger partial charge in [0.2, 0.25) is 11.8 Å². The van der Waals surface area contributed by atoms with Gasteiger partial charge >= 0.3 is 0 Å². The number of hydrogen-bond acceptors (Lipinski definition) is 2. The van der Waals surface area contributed by atoms with Crippen LogP contribution in [-0.2, 0) is 22.4 Å². The van der Waals surface area contributed by atoms with Crippen LogP contribution < -0.4 is 10.6 Å². The SMILES string of the molecule is O=C1Cc2cc(NC(=O)[C@@H]3CCCc4ccccc43)ccc2N1. The predicted octanol–water partition coefficient (Wildman–Crippen LogP) is 3.24. The summed E-state index contributed by atoms with van der Waals surface area (Å²) in [6, 6.07) is 13.8. The first-order chi connectivity index (χ1) is 11.2. The molecule has 0 fully saturated rings. The summed E-state index contributed by atoms with van der Waals surface area (Å²) < 4.78 is 0. The van der Waals surface area contributed by atoms with Crippen LogP contribution in [0.5, 0.6) is 0 Å². The van der Waals surface area contributed by atoms with Crippen LogP contribution in [0.25, 0.3) is 0 Å². The van der Waals surface area contributed by atoms with E-state index in [9.17, 15) is 9.59 Å². The molecule has 0 bridgehead atoms. The Morgan fingerprint density at radius 2 is 2.00 bits per heavy atom. The minimum Gasteiger partial charge on any atom is -0.326 e. The highest BCUT2D eigenvalue weighted by Gasteiger charge is 2.26. The molecule has 1 heterocycles. The van der Waals surface area contributed by atoms with Crippen LogP contribution in [0.2, 0.25) is 0 Å². The number of rotatable bonds is 2. The molecule has 0 saturated heterocycles. The fourth-order valence-electron chi connectivity index (χ4n) is 3.56. The van der Waals surface area contributed by atoms with Gasteiger partial charge in [-0.2, -0.15) is 0 Å². The zero-order chi connectivity index (χ0) is 15.8. The van der Waals surface area contributed by atoms with Gasteiger partial charge in [0.25, 0.3) is 0 Å². The fourth-order valence-corrected chi connectivity index (χ4v) is 3.56. The van der Waals surface area contributed by atoms with E-state index in [-0.39, 0.29) is 17.7 Å². The average molecular weight is 306 g/mol. The van der Waals surface area contributed by atoms with Crippen molar-refractivity contribution in [3.63, 3.8) is 0 Å². The van der Waals surface area contributed by atoms with Crippen LogP contribution >= 0.6 is 0 Å². The van der Waals surface area contributed by atoms with Gasteiger partial charge in [0.15, 0.2) is 0 Å². The van der Waals surface area contributed by atoms with Gasteiger partial charge in [-0.25, -0.2) is 0 Å². The minimum absolute atomic E-state index is 0.00434. The number of amides is 2. The van der Waals surface area contributed by atoms with E-state index in [0.717, 1.165) is 41.8 Å². The van der Waals surface area contributed by atoms with E-state index >= 15 is 0 Å². The Labute approximate surface area is 134 Å². The Morgan fingerprint density at radius 1 is 1.13 bits per heavy atom. The topological polar surface area (TPSA) is 58.2 Å². The Bertz CT molecular complexity index is 798. The number of aryl methyl sites for hydroxylation is 1. The van der Waals surface area contributed by atoms with Crippen molar-refractivity contribution in [3.05, 3.63) is 59.2 Å². The molecule has 2 aliphatic rings. The van der Waals surface area contributed by atoms with Crippen molar-refractivity contribution in [1.29, 1.82) is 0 Å². The summed E-state index contributed by atoms with van der Waals surface area (Å²) in [4.78, 5) is 24.1. The molecule has 4 nitrogen and oxygen atoms in total. The molecule has 1 aliphatic carbocycles. The van der Waals surface area contributed by atoms with E-state index in [0.29, 0.717) is 6.42 Å². The van der Waals surface area contributed by atoms with Crippen LogP contribution in [0.1, 0.15) is 35.4 Å². The second-order valence-corrected chi connectivity index (χ2v) is 6.23. The van der Waals surface area contributed by atoms with E-state index in [4.69, 9.17) is 0 Å². The highest BCUT2D eigenvalue weighted by Crippen LogP contribution is 2.33. The largest absolute Gasteiger partial charge is 0.326 e. The van der Waals surface area contributed by atoms with Crippen LogP contribution in [-0.4, -0.2) is 11.8 Å². The Kier molecular flexibility index (Phi) is 3.37. The smallest absolute Gasteiger partial charge is 0.231 e. The molecule has 0 saturated carbocycles.